The van der Waals surface area contributed by atoms with E-state index >= 15 is 0 Å². The first-order valence-corrected chi connectivity index (χ1v) is 7.03. The Morgan fingerprint density at radius 3 is 3.05 bits per heavy atom. The summed E-state index contributed by atoms with van der Waals surface area (Å²) >= 11 is 0. The van der Waals surface area contributed by atoms with Gasteiger partial charge >= 0.3 is 5.97 Å². The number of cyclic esters (lactones) is 1. The van der Waals surface area contributed by atoms with E-state index in [0.29, 0.717) is 25.4 Å². The number of anilines is 1. The van der Waals surface area contributed by atoms with Crippen molar-refractivity contribution in [3.63, 3.8) is 0 Å². The molecule has 0 radical (unpaired) electrons. The van der Waals surface area contributed by atoms with E-state index in [9.17, 15) is 9.59 Å². The van der Waals surface area contributed by atoms with Crippen LogP contribution in [0.25, 0.3) is 0 Å². The van der Waals surface area contributed by atoms with Gasteiger partial charge in [0.05, 0.1) is 6.61 Å². The maximum absolute atomic E-state index is 11.9. The molecule has 1 aromatic carbocycles. The zero-order chi connectivity index (χ0) is 13.9. The van der Waals surface area contributed by atoms with E-state index in [1.165, 1.54) is 5.56 Å². The Labute approximate surface area is 117 Å². The van der Waals surface area contributed by atoms with Gasteiger partial charge in [0.25, 0.3) is 0 Å². The minimum Gasteiger partial charge on any atom is -0.464 e. The maximum atomic E-state index is 11.9. The molecule has 1 amide bonds. The zero-order valence-corrected chi connectivity index (χ0v) is 11.2. The van der Waals surface area contributed by atoms with Crippen molar-refractivity contribution in [2.45, 2.75) is 31.2 Å². The third-order valence-electron chi connectivity index (χ3n) is 3.93. The molecule has 1 fully saturated rings. The van der Waals surface area contributed by atoms with Crippen LogP contribution in [0.15, 0.2) is 24.3 Å². The van der Waals surface area contributed by atoms with Gasteiger partial charge in [-0.2, -0.15) is 0 Å². The molecule has 0 spiro atoms. The van der Waals surface area contributed by atoms with Gasteiger partial charge < -0.3 is 15.4 Å². The monoisotopic (exact) mass is 274 g/mol. The summed E-state index contributed by atoms with van der Waals surface area (Å²) in [4.78, 5) is 23.2. The largest absolute Gasteiger partial charge is 0.464 e. The number of rotatable bonds is 4. The molecule has 106 valence electrons. The quantitative estimate of drug-likeness (QED) is 0.815. The molecule has 3 rings (SSSR count). The number of ether oxygens (including phenoxy) is 1. The predicted octanol–water partition coefficient (Wildman–Crippen LogP) is 1.41. The van der Waals surface area contributed by atoms with Crippen molar-refractivity contribution in [2.24, 2.45) is 0 Å². The Morgan fingerprint density at radius 2 is 2.25 bits per heavy atom. The van der Waals surface area contributed by atoms with Gasteiger partial charge in [-0.15, -0.1) is 0 Å². The lowest BCUT2D eigenvalue weighted by molar-refractivity contribution is -0.141. The SMILES string of the molecule is O=C(CCC1CNc2ccccc21)N[C@H]1CCOC1=O. The normalized spacial score (nSPS) is 23.9. The van der Waals surface area contributed by atoms with Gasteiger partial charge in [-0.05, 0) is 18.1 Å². The van der Waals surface area contributed by atoms with Crippen LogP contribution in [-0.2, 0) is 14.3 Å². The van der Waals surface area contributed by atoms with Crippen molar-refractivity contribution < 1.29 is 14.3 Å². The fourth-order valence-electron chi connectivity index (χ4n) is 2.81. The van der Waals surface area contributed by atoms with Crippen LogP contribution in [0.5, 0.6) is 0 Å². The Balaban J connectivity index is 1.50. The molecule has 1 unspecified atom stereocenters. The van der Waals surface area contributed by atoms with E-state index < -0.39 is 6.04 Å². The number of carbonyl (C=O) groups is 2. The first-order chi connectivity index (χ1) is 9.74. The fraction of sp³-hybridized carbons (Fsp3) is 0.467. The summed E-state index contributed by atoms with van der Waals surface area (Å²) in [5.74, 6) is -0.0167. The van der Waals surface area contributed by atoms with Crippen LogP contribution in [0, 0.1) is 0 Å². The average molecular weight is 274 g/mol. The minimum absolute atomic E-state index is 0.0711. The lowest BCUT2D eigenvalue weighted by atomic mass is 9.96. The van der Waals surface area contributed by atoms with Gasteiger partial charge in [0, 0.05) is 31.0 Å². The number of carbonyl (C=O) groups excluding carboxylic acids is 2. The molecule has 0 saturated carbocycles. The van der Waals surface area contributed by atoms with Crippen LogP contribution >= 0.6 is 0 Å². The highest BCUT2D eigenvalue weighted by Gasteiger charge is 2.28. The first-order valence-electron chi connectivity index (χ1n) is 7.03. The van der Waals surface area contributed by atoms with Gasteiger partial charge in [0.1, 0.15) is 6.04 Å². The van der Waals surface area contributed by atoms with Crippen molar-refractivity contribution >= 4 is 17.6 Å². The summed E-state index contributed by atoms with van der Waals surface area (Å²) in [6.45, 7) is 1.28. The van der Waals surface area contributed by atoms with Crippen LogP contribution < -0.4 is 10.6 Å². The van der Waals surface area contributed by atoms with Crippen molar-refractivity contribution in [3.05, 3.63) is 29.8 Å². The lowest BCUT2D eigenvalue weighted by Gasteiger charge is -2.12. The summed E-state index contributed by atoms with van der Waals surface area (Å²) in [5, 5.41) is 6.09. The molecule has 2 atom stereocenters. The maximum Gasteiger partial charge on any atom is 0.328 e. The average Bonchev–Trinajstić information content (AvgIpc) is 3.04. The number of fused-ring (bicyclic) bond motifs is 1. The molecular formula is C15H18N2O3. The number of hydrogen-bond acceptors (Lipinski definition) is 4. The topological polar surface area (TPSA) is 67.4 Å². The molecule has 0 aromatic heterocycles. The molecule has 0 aliphatic carbocycles. The molecular weight excluding hydrogens is 256 g/mol. The van der Waals surface area contributed by atoms with Crippen LogP contribution in [0.2, 0.25) is 0 Å². The second-order valence-electron chi connectivity index (χ2n) is 5.28. The molecule has 2 heterocycles. The molecule has 1 aromatic rings. The smallest absolute Gasteiger partial charge is 0.328 e. The van der Waals surface area contributed by atoms with Crippen molar-refractivity contribution in [2.75, 3.05) is 18.5 Å². The number of amides is 1. The summed E-state index contributed by atoms with van der Waals surface area (Å²) in [6, 6.07) is 7.74. The number of para-hydroxylation sites is 1. The Hall–Kier alpha value is -2.04. The van der Waals surface area contributed by atoms with Crippen LogP contribution in [-0.4, -0.2) is 31.1 Å². The van der Waals surface area contributed by atoms with Crippen molar-refractivity contribution in [3.8, 4) is 0 Å². The molecule has 2 N–H and O–H groups in total. The van der Waals surface area contributed by atoms with Gasteiger partial charge in [-0.3, -0.25) is 4.79 Å². The summed E-state index contributed by atoms with van der Waals surface area (Å²) < 4.78 is 4.83. The fourth-order valence-corrected chi connectivity index (χ4v) is 2.81. The molecule has 1 saturated heterocycles. The molecule has 2 aliphatic heterocycles. The van der Waals surface area contributed by atoms with Crippen LogP contribution in [0.4, 0.5) is 5.69 Å². The summed E-state index contributed by atoms with van der Waals surface area (Å²) in [6.07, 6.45) is 1.81. The van der Waals surface area contributed by atoms with Gasteiger partial charge in [-0.1, -0.05) is 18.2 Å². The first kappa shape index (κ1) is 13.0. The van der Waals surface area contributed by atoms with E-state index in [1.807, 2.05) is 12.1 Å². The number of esters is 1. The molecule has 2 aliphatic rings. The van der Waals surface area contributed by atoms with Crippen LogP contribution in [0.3, 0.4) is 0 Å². The second kappa shape index (κ2) is 5.53. The molecule has 0 bridgehead atoms. The third-order valence-corrected chi connectivity index (χ3v) is 3.93. The van der Waals surface area contributed by atoms with E-state index in [4.69, 9.17) is 4.74 Å². The highest BCUT2D eigenvalue weighted by molar-refractivity contribution is 5.85. The predicted molar refractivity (Wildman–Crippen MR) is 74.4 cm³/mol. The van der Waals surface area contributed by atoms with Crippen molar-refractivity contribution in [1.29, 1.82) is 0 Å². The van der Waals surface area contributed by atoms with E-state index in [0.717, 1.165) is 18.7 Å². The number of nitrogens with one attached hydrogen (secondary N) is 2. The van der Waals surface area contributed by atoms with E-state index in [2.05, 4.69) is 22.8 Å². The Kier molecular flexibility index (Phi) is 3.58. The number of hydrogen-bond donors (Lipinski definition) is 2. The van der Waals surface area contributed by atoms with Crippen LogP contribution in [0.1, 0.15) is 30.7 Å². The van der Waals surface area contributed by atoms with E-state index in [-0.39, 0.29) is 11.9 Å². The summed E-state index contributed by atoms with van der Waals surface area (Å²) in [5.41, 5.74) is 2.44. The lowest BCUT2D eigenvalue weighted by Crippen LogP contribution is -2.37. The summed E-state index contributed by atoms with van der Waals surface area (Å²) in [7, 11) is 0. The highest BCUT2D eigenvalue weighted by atomic mass is 16.5. The van der Waals surface area contributed by atoms with Gasteiger partial charge in [0.2, 0.25) is 5.91 Å². The third kappa shape index (κ3) is 2.61. The van der Waals surface area contributed by atoms with Crippen molar-refractivity contribution in [1.82, 2.24) is 5.32 Å². The number of benzene rings is 1. The van der Waals surface area contributed by atoms with Gasteiger partial charge in [0.15, 0.2) is 0 Å². The standard InChI is InChI=1S/C15H18N2O3/c18-14(17-13-7-8-20-15(13)19)6-5-10-9-16-12-4-2-1-3-11(10)12/h1-4,10,13,16H,5-9H2,(H,17,18)/t10?,13-/m0/s1. The highest BCUT2D eigenvalue weighted by Crippen LogP contribution is 2.33. The van der Waals surface area contributed by atoms with Gasteiger partial charge in [-0.25, -0.2) is 4.79 Å². The second-order valence-corrected chi connectivity index (χ2v) is 5.28. The zero-order valence-electron chi connectivity index (χ0n) is 11.2. The minimum atomic E-state index is -0.448. The Morgan fingerprint density at radius 1 is 1.40 bits per heavy atom. The van der Waals surface area contributed by atoms with E-state index in [1.54, 1.807) is 0 Å². The Bertz CT molecular complexity index is 530. The molecule has 5 nitrogen and oxygen atoms in total. The molecule has 20 heavy (non-hydrogen) atoms. The molecule has 5 heteroatoms.